The van der Waals surface area contributed by atoms with Crippen LogP contribution in [0, 0.1) is 0 Å². The lowest BCUT2D eigenvalue weighted by Gasteiger charge is -2.23. The molecule has 0 aliphatic carbocycles. The van der Waals surface area contributed by atoms with E-state index in [0.29, 0.717) is 6.61 Å². The van der Waals surface area contributed by atoms with E-state index in [0.717, 1.165) is 50.2 Å². The zero-order valence-corrected chi connectivity index (χ0v) is 22.3. The van der Waals surface area contributed by atoms with Crippen LogP contribution in [0.2, 0.25) is 0 Å². The van der Waals surface area contributed by atoms with Gasteiger partial charge >= 0.3 is 0 Å². The van der Waals surface area contributed by atoms with Crippen LogP contribution in [0.4, 0.5) is 0 Å². The standard InChI is InChI=1S/C15H24N2O.C15H18N2O/c2*1-17(2)11-12-18-15-5-3-13(4-6-15)14-7-9-16-10-8-14/h3-6,14,16H,7-12H2,1-2H3;3-10H,11-12H2,1-2H3. The van der Waals surface area contributed by atoms with Crippen LogP contribution in [-0.2, 0) is 0 Å². The summed E-state index contributed by atoms with van der Waals surface area (Å²) in [5, 5.41) is 3.40. The maximum Gasteiger partial charge on any atom is 0.119 e. The van der Waals surface area contributed by atoms with Crippen LogP contribution in [-0.4, -0.2) is 82.4 Å². The summed E-state index contributed by atoms with van der Waals surface area (Å²) in [7, 11) is 8.19. The van der Waals surface area contributed by atoms with Crippen molar-refractivity contribution in [2.45, 2.75) is 18.8 Å². The van der Waals surface area contributed by atoms with Crippen molar-refractivity contribution in [1.82, 2.24) is 20.1 Å². The molecule has 0 radical (unpaired) electrons. The summed E-state index contributed by atoms with van der Waals surface area (Å²) in [5.74, 6) is 2.62. The smallest absolute Gasteiger partial charge is 0.119 e. The Kier molecular flexibility index (Phi) is 11.7. The highest BCUT2D eigenvalue weighted by atomic mass is 16.5. The number of likely N-dealkylation sites (N-methyl/N-ethyl adjacent to an activating group) is 2. The van der Waals surface area contributed by atoms with E-state index in [1.54, 1.807) is 12.4 Å². The van der Waals surface area contributed by atoms with Gasteiger partial charge in [-0.25, -0.2) is 0 Å². The highest BCUT2D eigenvalue weighted by Crippen LogP contribution is 2.26. The lowest BCUT2D eigenvalue weighted by molar-refractivity contribution is 0.261. The summed E-state index contributed by atoms with van der Waals surface area (Å²) in [6, 6.07) is 20.8. The average molecular weight is 491 g/mol. The summed E-state index contributed by atoms with van der Waals surface area (Å²) in [6.45, 7) is 5.63. The molecular formula is C30H42N4O2. The molecule has 1 aliphatic rings. The molecule has 2 aromatic carbocycles. The predicted octanol–water partition coefficient (Wildman–Crippen LogP) is 4.78. The molecule has 1 N–H and O–H groups in total. The fourth-order valence-electron chi connectivity index (χ4n) is 3.97. The minimum Gasteiger partial charge on any atom is -0.492 e. The van der Waals surface area contributed by atoms with Gasteiger partial charge < -0.3 is 24.6 Å². The van der Waals surface area contributed by atoms with Gasteiger partial charge in [-0.1, -0.05) is 24.3 Å². The third kappa shape index (κ3) is 9.97. The van der Waals surface area contributed by atoms with Crippen LogP contribution in [0.3, 0.4) is 0 Å². The fourth-order valence-corrected chi connectivity index (χ4v) is 3.97. The Hall–Kier alpha value is -2.93. The Morgan fingerprint density at radius 3 is 1.67 bits per heavy atom. The number of benzene rings is 2. The molecule has 2 heterocycles. The van der Waals surface area contributed by atoms with Crippen molar-refractivity contribution < 1.29 is 9.47 Å². The van der Waals surface area contributed by atoms with Crippen molar-refractivity contribution in [3.63, 3.8) is 0 Å². The number of pyridine rings is 1. The number of piperidine rings is 1. The molecule has 0 unspecified atom stereocenters. The number of aromatic nitrogens is 1. The first kappa shape index (κ1) is 27.7. The van der Waals surface area contributed by atoms with Gasteiger partial charge in [0.1, 0.15) is 24.7 Å². The first-order valence-electron chi connectivity index (χ1n) is 12.9. The monoisotopic (exact) mass is 490 g/mol. The Labute approximate surface area is 217 Å². The van der Waals surface area contributed by atoms with E-state index in [9.17, 15) is 0 Å². The number of hydrogen-bond donors (Lipinski definition) is 1. The van der Waals surface area contributed by atoms with Gasteiger partial charge in [-0.05, 0) is 113 Å². The van der Waals surface area contributed by atoms with E-state index in [1.165, 1.54) is 29.5 Å². The Balaban J connectivity index is 0.000000201. The fraction of sp³-hybridized carbons (Fsp3) is 0.433. The van der Waals surface area contributed by atoms with E-state index in [1.807, 2.05) is 38.4 Å². The van der Waals surface area contributed by atoms with Gasteiger partial charge in [-0.15, -0.1) is 0 Å². The van der Waals surface area contributed by atoms with E-state index >= 15 is 0 Å². The predicted molar refractivity (Wildman–Crippen MR) is 149 cm³/mol. The first-order valence-corrected chi connectivity index (χ1v) is 12.9. The van der Waals surface area contributed by atoms with Crippen molar-refractivity contribution in [2.75, 3.05) is 67.6 Å². The summed E-state index contributed by atoms with van der Waals surface area (Å²) in [4.78, 5) is 8.25. The van der Waals surface area contributed by atoms with Gasteiger partial charge in [-0.2, -0.15) is 0 Å². The molecule has 6 heteroatoms. The number of rotatable bonds is 10. The SMILES string of the molecule is CN(C)CCOc1ccc(-c2ccncc2)cc1.CN(C)CCOc1ccc(C2CCNCC2)cc1. The van der Waals surface area contributed by atoms with Crippen LogP contribution in [0.15, 0.2) is 73.1 Å². The van der Waals surface area contributed by atoms with Crippen molar-refractivity contribution >= 4 is 0 Å². The minimum absolute atomic E-state index is 0.710. The molecule has 0 amide bonds. The second-order valence-corrected chi connectivity index (χ2v) is 9.66. The summed E-state index contributed by atoms with van der Waals surface area (Å²) in [5.41, 5.74) is 3.80. The molecule has 1 aliphatic heterocycles. The molecule has 0 spiro atoms. The normalized spacial score (nSPS) is 13.8. The molecule has 1 saturated heterocycles. The van der Waals surface area contributed by atoms with Crippen molar-refractivity contribution in [2.24, 2.45) is 0 Å². The molecule has 6 nitrogen and oxygen atoms in total. The van der Waals surface area contributed by atoms with Crippen LogP contribution in [0.25, 0.3) is 11.1 Å². The molecule has 0 atom stereocenters. The van der Waals surface area contributed by atoms with Gasteiger partial charge in [0, 0.05) is 25.5 Å². The van der Waals surface area contributed by atoms with Crippen molar-refractivity contribution in [3.05, 3.63) is 78.6 Å². The zero-order valence-electron chi connectivity index (χ0n) is 22.3. The molecule has 1 fully saturated rings. The van der Waals surface area contributed by atoms with Gasteiger partial charge in [0.2, 0.25) is 0 Å². The van der Waals surface area contributed by atoms with E-state index in [4.69, 9.17) is 9.47 Å². The molecule has 3 aromatic rings. The lowest BCUT2D eigenvalue weighted by atomic mass is 9.90. The zero-order chi connectivity index (χ0) is 25.6. The third-order valence-corrected chi connectivity index (χ3v) is 6.17. The third-order valence-electron chi connectivity index (χ3n) is 6.17. The van der Waals surface area contributed by atoms with Crippen LogP contribution < -0.4 is 14.8 Å². The van der Waals surface area contributed by atoms with Gasteiger partial charge in [0.05, 0.1) is 0 Å². The molecule has 1 aromatic heterocycles. The lowest BCUT2D eigenvalue weighted by Crippen LogP contribution is -2.26. The Morgan fingerprint density at radius 1 is 0.694 bits per heavy atom. The van der Waals surface area contributed by atoms with E-state index in [-0.39, 0.29) is 0 Å². The first-order chi connectivity index (χ1) is 17.5. The molecule has 4 rings (SSSR count). The number of nitrogens with one attached hydrogen (secondary N) is 1. The van der Waals surface area contributed by atoms with Crippen LogP contribution >= 0.6 is 0 Å². The number of hydrogen-bond acceptors (Lipinski definition) is 6. The summed E-state index contributed by atoms with van der Waals surface area (Å²) >= 11 is 0. The molecule has 0 saturated carbocycles. The van der Waals surface area contributed by atoms with Crippen molar-refractivity contribution in [3.8, 4) is 22.6 Å². The Morgan fingerprint density at radius 2 is 1.17 bits per heavy atom. The van der Waals surface area contributed by atoms with Crippen LogP contribution in [0.5, 0.6) is 11.5 Å². The second-order valence-electron chi connectivity index (χ2n) is 9.66. The average Bonchev–Trinajstić information content (AvgIpc) is 2.90. The quantitative estimate of drug-likeness (QED) is 0.441. The topological polar surface area (TPSA) is 49.9 Å². The largest absolute Gasteiger partial charge is 0.492 e. The summed E-state index contributed by atoms with van der Waals surface area (Å²) < 4.78 is 11.4. The maximum atomic E-state index is 5.71. The molecular weight excluding hydrogens is 448 g/mol. The van der Waals surface area contributed by atoms with E-state index in [2.05, 4.69) is 70.6 Å². The molecule has 36 heavy (non-hydrogen) atoms. The number of ether oxygens (including phenoxy) is 2. The Bertz CT molecular complexity index is 970. The van der Waals surface area contributed by atoms with Crippen molar-refractivity contribution in [1.29, 1.82) is 0 Å². The minimum atomic E-state index is 0.710. The van der Waals surface area contributed by atoms with Crippen LogP contribution in [0.1, 0.15) is 24.3 Å². The maximum absolute atomic E-state index is 5.71. The molecule has 194 valence electrons. The van der Waals surface area contributed by atoms with E-state index < -0.39 is 0 Å². The van der Waals surface area contributed by atoms with Gasteiger partial charge in [0.25, 0.3) is 0 Å². The van der Waals surface area contributed by atoms with Gasteiger partial charge in [0.15, 0.2) is 0 Å². The van der Waals surface area contributed by atoms with Gasteiger partial charge in [-0.3, -0.25) is 4.98 Å². The highest BCUT2D eigenvalue weighted by Gasteiger charge is 2.14. The number of nitrogens with zero attached hydrogens (tertiary/aromatic N) is 3. The highest BCUT2D eigenvalue weighted by molar-refractivity contribution is 5.63. The summed E-state index contributed by atoms with van der Waals surface area (Å²) in [6.07, 6.45) is 6.11. The second kappa shape index (κ2) is 15.2. The molecule has 0 bridgehead atoms.